The Morgan fingerprint density at radius 3 is 2.62 bits per heavy atom. The highest BCUT2D eigenvalue weighted by Crippen LogP contribution is 2.31. The van der Waals surface area contributed by atoms with Crippen LogP contribution >= 0.6 is 11.3 Å². The van der Waals surface area contributed by atoms with Gasteiger partial charge in [0.05, 0.1) is 12.3 Å². The fraction of sp³-hybridized carbons (Fsp3) is 0.500. The molecular weight excluding hydrogens is 288 g/mol. The van der Waals surface area contributed by atoms with Gasteiger partial charge in [0.1, 0.15) is 15.2 Å². The van der Waals surface area contributed by atoms with Crippen LogP contribution < -0.4 is 11.1 Å². The number of aliphatic hydroxyl groups excluding tert-OH is 1. The number of hydrogen-bond acceptors (Lipinski definition) is 6. The zero-order valence-electron chi connectivity index (χ0n) is 12.2. The number of fused-ring (bicyclic) bond motifs is 1. The van der Waals surface area contributed by atoms with Gasteiger partial charge in [-0.2, -0.15) is 0 Å². The van der Waals surface area contributed by atoms with Gasteiger partial charge in [-0.15, -0.1) is 11.3 Å². The zero-order chi connectivity index (χ0) is 15.5. The van der Waals surface area contributed by atoms with Gasteiger partial charge in [-0.05, 0) is 12.8 Å². The number of amides is 1. The van der Waals surface area contributed by atoms with Crippen molar-refractivity contribution in [3.05, 3.63) is 17.3 Å². The van der Waals surface area contributed by atoms with Crippen LogP contribution in [0.2, 0.25) is 0 Å². The maximum atomic E-state index is 12.3. The van der Waals surface area contributed by atoms with E-state index in [0.29, 0.717) is 27.5 Å². The fourth-order valence-corrected chi connectivity index (χ4v) is 3.08. The molecule has 0 saturated carbocycles. The summed E-state index contributed by atoms with van der Waals surface area (Å²) < 4.78 is 0. The van der Waals surface area contributed by atoms with Crippen LogP contribution in [-0.4, -0.2) is 34.1 Å². The second kappa shape index (κ2) is 6.36. The summed E-state index contributed by atoms with van der Waals surface area (Å²) in [5.74, 6) is -0.239. The summed E-state index contributed by atoms with van der Waals surface area (Å²) in [5, 5.41) is 12.4. The van der Waals surface area contributed by atoms with E-state index < -0.39 is 0 Å². The first kappa shape index (κ1) is 15.7. The lowest BCUT2D eigenvalue weighted by molar-refractivity contribution is 0.0855. The second-order valence-corrected chi connectivity index (χ2v) is 6.10. The highest BCUT2D eigenvalue weighted by Gasteiger charge is 2.27. The number of aromatic nitrogens is 2. The largest absolute Gasteiger partial charge is 0.396 e. The minimum absolute atomic E-state index is 0.0469. The number of thiophene rings is 1. The van der Waals surface area contributed by atoms with E-state index in [9.17, 15) is 9.90 Å². The Kier molecular flexibility index (Phi) is 4.74. The summed E-state index contributed by atoms with van der Waals surface area (Å²) in [5.41, 5.74) is 6.62. The van der Waals surface area contributed by atoms with Gasteiger partial charge in [0, 0.05) is 24.4 Å². The van der Waals surface area contributed by atoms with Crippen molar-refractivity contribution in [1.82, 2.24) is 15.3 Å². The molecule has 0 aromatic carbocycles. The molecule has 0 saturated heterocycles. The standard InChI is InChI=1S/C14H20N4O2S/c1-3-14(4-2,8-19)7-18-12(20)11-9(15)10-13(21-11)17-6-5-16-10/h5-6,19H,3-4,7-8,15H2,1-2H3,(H,18,20). The molecule has 0 unspecified atom stereocenters. The quantitative estimate of drug-likeness (QED) is 0.755. The molecule has 2 aromatic heterocycles. The third-order valence-corrected chi connectivity index (χ3v) is 5.13. The number of aliphatic hydroxyl groups is 1. The Hall–Kier alpha value is -1.73. The Labute approximate surface area is 127 Å². The summed E-state index contributed by atoms with van der Waals surface area (Å²) in [6, 6.07) is 0. The molecule has 4 N–H and O–H groups in total. The predicted molar refractivity (Wildman–Crippen MR) is 84.3 cm³/mol. The van der Waals surface area contributed by atoms with E-state index in [1.807, 2.05) is 13.8 Å². The molecule has 0 fully saturated rings. The first-order chi connectivity index (χ1) is 10.1. The number of carbonyl (C=O) groups excluding carboxylic acids is 1. The first-order valence-electron chi connectivity index (χ1n) is 6.95. The third kappa shape index (κ3) is 2.98. The SMILES string of the molecule is CCC(CC)(CO)CNC(=O)c1sc2nccnc2c1N. The lowest BCUT2D eigenvalue weighted by Crippen LogP contribution is -2.39. The number of anilines is 1. The number of nitrogen functional groups attached to an aromatic ring is 1. The smallest absolute Gasteiger partial charge is 0.263 e. The Morgan fingerprint density at radius 1 is 1.38 bits per heavy atom. The minimum atomic E-state index is -0.280. The van der Waals surface area contributed by atoms with E-state index in [1.165, 1.54) is 11.3 Å². The monoisotopic (exact) mass is 308 g/mol. The molecule has 0 aliphatic carbocycles. The van der Waals surface area contributed by atoms with Gasteiger partial charge < -0.3 is 16.2 Å². The number of rotatable bonds is 6. The molecule has 2 aromatic rings. The van der Waals surface area contributed by atoms with E-state index in [0.717, 1.165) is 12.8 Å². The van der Waals surface area contributed by atoms with Crippen LogP contribution in [0.25, 0.3) is 10.3 Å². The zero-order valence-corrected chi connectivity index (χ0v) is 13.0. The first-order valence-corrected chi connectivity index (χ1v) is 7.76. The van der Waals surface area contributed by atoms with Crippen molar-refractivity contribution < 1.29 is 9.90 Å². The number of nitrogens with zero attached hydrogens (tertiary/aromatic N) is 2. The number of nitrogens with one attached hydrogen (secondary N) is 1. The molecule has 2 rings (SSSR count). The molecule has 2 heterocycles. The van der Waals surface area contributed by atoms with Crippen LogP contribution in [0.4, 0.5) is 5.69 Å². The van der Waals surface area contributed by atoms with Crippen LogP contribution in [0.15, 0.2) is 12.4 Å². The minimum Gasteiger partial charge on any atom is -0.396 e. The summed E-state index contributed by atoms with van der Waals surface area (Å²) in [7, 11) is 0. The Balaban J connectivity index is 2.17. The van der Waals surface area contributed by atoms with Crippen LogP contribution in [0.3, 0.4) is 0 Å². The van der Waals surface area contributed by atoms with Crippen LogP contribution in [0.5, 0.6) is 0 Å². The second-order valence-electron chi connectivity index (χ2n) is 5.10. The fourth-order valence-electron chi connectivity index (χ4n) is 2.14. The maximum Gasteiger partial charge on any atom is 0.263 e. The molecule has 1 amide bonds. The highest BCUT2D eigenvalue weighted by atomic mass is 32.1. The van der Waals surface area contributed by atoms with Gasteiger partial charge >= 0.3 is 0 Å². The molecule has 0 atom stereocenters. The molecule has 0 radical (unpaired) electrons. The lowest BCUT2D eigenvalue weighted by atomic mass is 9.83. The number of nitrogens with two attached hydrogens (primary N) is 1. The molecule has 21 heavy (non-hydrogen) atoms. The topological polar surface area (TPSA) is 101 Å². The summed E-state index contributed by atoms with van der Waals surface area (Å²) >= 11 is 1.23. The van der Waals surface area contributed by atoms with Crippen molar-refractivity contribution in [2.75, 3.05) is 18.9 Å². The Morgan fingerprint density at radius 2 is 2.05 bits per heavy atom. The van der Waals surface area contributed by atoms with Crippen molar-refractivity contribution in [2.24, 2.45) is 5.41 Å². The number of carbonyl (C=O) groups is 1. The molecule has 7 heteroatoms. The van der Waals surface area contributed by atoms with Gasteiger partial charge in [0.25, 0.3) is 5.91 Å². The molecule has 6 nitrogen and oxygen atoms in total. The van der Waals surface area contributed by atoms with Crippen LogP contribution in [0.1, 0.15) is 36.4 Å². The van der Waals surface area contributed by atoms with Gasteiger partial charge in [-0.3, -0.25) is 4.79 Å². The van der Waals surface area contributed by atoms with E-state index in [4.69, 9.17) is 5.73 Å². The number of hydrogen-bond donors (Lipinski definition) is 3. The molecule has 0 bridgehead atoms. The van der Waals surface area contributed by atoms with E-state index in [-0.39, 0.29) is 17.9 Å². The van der Waals surface area contributed by atoms with E-state index >= 15 is 0 Å². The summed E-state index contributed by atoms with van der Waals surface area (Å²) in [4.78, 5) is 21.7. The van der Waals surface area contributed by atoms with Crippen molar-refractivity contribution in [3.63, 3.8) is 0 Å². The lowest BCUT2D eigenvalue weighted by Gasteiger charge is -2.29. The van der Waals surface area contributed by atoms with Gasteiger partial charge in [0.2, 0.25) is 0 Å². The Bertz CT molecular complexity index is 629. The molecule has 114 valence electrons. The van der Waals surface area contributed by atoms with E-state index in [1.54, 1.807) is 12.4 Å². The summed E-state index contributed by atoms with van der Waals surface area (Å²) in [6.07, 6.45) is 4.72. The van der Waals surface area contributed by atoms with Gasteiger partial charge in [0.15, 0.2) is 0 Å². The average Bonchev–Trinajstić information content (AvgIpc) is 2.87. The van der Waals surface area contributed by atoms with Gasteiger partial charge in [-0.1, -0.05) is 13.8 Å². The molecular formula is C14H20N4O2S. The van der Waals surface area contributed by atoms with Gasteiger partial charge in [-0.25, -0.2) is 9.97 Å². The van der Waals surface area contributed by atoms with Crippen molar-refractivity contribution in [2.45, 2.75) is 26.7 Å². The van der Waals surface area contributed by atoms with Crippen LogP contribution in [0, 0.1) is 5.41 Å². The van der Waals surface area contributed by atoms with E-state index in [2.05, 4.69) is 15.3 Å². The van der Waals surface area contributed by atoms with Crippen molar-refractivity contribution in [3.8, 4) is 0 Å². The molecule has 0 spiro atoms. The predicted octanol–water partition coefficient (Wildman–Crippen LogP) is 1.80. The third-order valence-electron chi connectivity index (χ3n) is 4.03. The summed E-state index contributed by atoms with van der Waals surface area (Å²) in [6.45, 7) is 4.48. The average molecular weight is 308 g/mol. The highest BCUT2D eigenvalue weighted by molar-refractivity contribution is 7.21. The normalized spacial score (nSPS) is 11.8. The maximum absolute atomic E-state index is 12.3. The van der Waals surface area contributed by atoms with Crippen molar-refractivity contribution in [1.29, 1.82) is 0 Å². The van der Waals surface area contributed by atoms with Crippen LogP contribution in [-0.2, 0) is 0 Å². The molecule has 0 aliphatic heterocycles. The molecule has 0 aliphatic rings. The van der Waals surface area contributed by atoms with Crippen molar-refractivity contribution >= 4 is 33.3 Å².